The van der Waals surface area contributed by atoms with E-state index in [9.17, 15) is 0 Å². The molecular formula is C18H33NO. The summed E-state index contributed by atoms with van der Waals surface area (Å²) in [5, 5.41) is 3.67. The summed E-state index contributed by atoms with van der Waals surface area (Å²) in [6.45, 7) is 10.9. The van der Waals surface area contributed by atoms with Crippen molar-refractivity contribution in [2.24, 2.45) is 16.7 Å². The predicted molar refractivity (Wildman–Crippen MR) is 83.8 cm³/mol. The lowest BCUT2D eigenvalue weighted by Gasteiger charge is -2.40. The van der Waals surface area contributed by atoms with Gasteiger partial charge in [0.2, 0.25) is 0 Å². The molecule has 0 saturated heterocycles. The van der Waals surface area contributed by atoms with Crippen molar-refractivity contribution in [3.63, 3.8) is 0 Å². The van der Waals surface area contributed by atoms with Gasteiger partial charge in [0.05, 0.1) is 12.2 Å². The molecule has 0 aromatic carbocycles. The van der Waals surface area contributed by atoms with Crippen LogP contribution in [-0.2, 0) is 4.74 Å². The van der Waals surface area contributed by atoms with Crippen LogP contribution in [0.15, 0.2) is 0 Å². The Labute approximate surface area is 125 Å². The minimum atomic E-state index is 0.423. The summed E-state index contributed by atoms with van der Waals surface area (Å²) in [6.07, 6.45) is 10.2. The molecule has 2 heteroatoms. The maximum atomic E-state index is 6.62. The molecule has 3 saturated carbocycles. The largest absolute Gasteiger partial charge is 0.374 e. The molecule has 0 amide bonds. The van der Waals surface area contributed by atoms with Gasteiger partial charge in [-0.15, -0.1) is 0 Å². The molecule has 20 heavy (non-hydrogen) atoms. The highest BCUT2D eigenvalue weighted by Crippen LogP contribution is 2.66. The van der Waals surface area contributed by atoms with Crippen molar-refractivity contribution in [2.45, 2.75) is 90.9 Å². The van der Waals surface area contributed by atoms with E-state index in [1.165, 1.54) is 44.9 Å². The SMILES string of the molecule is CCCNC1CCC(OC2CC3CCC2(C)C3(C)C)C1. The van der Waals surface area contributed by atoms with Crippen LogP contribution in [0.25, 0.3) is 0 Å². The van der Waals surface area contributed by atoms with E-state index in [2.05, 4.69) is 33.0 Å². The van der Waals surface area contributed by atoms with Crippen molar-refractivity contribution in [3.05, 3.63) is 0 Å². The fourth-order valence-electron chi connectivity index (χ4n) is 5.17. The van der Waals surface area contributed by atoms with Crippen molar-refractivity contribution in [3.8, 4) is 0 Å². The Morgan fingerprint density at radius 2 is 1.90 bits per heavy atom. The molecule has 2 bridgehead atoms. The smallest absolute Gasteiger partial charge is 0.0640 e. The lowest BCUT2D eigenvalue weighted by atomic mass is 9.70. The van der Waals surface area contributed by atoms with Crippen LogP contribution in [0, 0.1) is 16.7 Å². The number of rotatable bonds is 5. The molecule has 0 aromatic rings. The predicted octanol–water partition coefficient (Wildman–Crippen LogP) is 4.14. The number of ether oxygens (including phenoxy) is 1. The van der Waals surface area contributed by atoms with Gasteiger partial charge in [0.25, 0.3) is 0 Å². The Kier molecular flexibility index (Phi) is 3.92. The van der Waals surface area contributed by atoms with E-state index in [0.717, 1.165) is 12.5 Å². The average Bonchev–Trinajstić information content (AvgIpc) is 2.99. The normalized spacial score (nSPS) is 46.2. The van der Waals surface area contributed by atoms with E-state index in [4.69, 9.17) is 4.74 Å². The van der Waals surface area contributed by atoms with Gasteiger partial charge in [-0.05, 0) is 68.2 Å². The molecule has 5 atom stereocenters. The molecule has 116 valence electrons. The van der Waals surface area contributed by atoms with Gasteiger partial charge in [-0.2, -0.15) is 0 Å². The second kappa shape index (κ2) is 5.28. The minimum Gasteiger partial charge on any atom is -0.374 e. The van der Waals surface area contributed by atoms with Crippen LogP contribution in [0.1, 0.15) is 72.6 Å². The van der Waals surface area contributed by atoms with Crippen molar-refractivity contribution >= 4 is 0 Å². The van der Waals surface area contributed by atoms with Crippen LogP contribution in [0.2, 0.25) is 0 Å². The minimum absolute atomic E-state index is 0.423. The van der Waals surface area contributed by atoms with Crippen LogP contribution in [0.4, 0.5) is 0 Å². The lowest BCUT2D eigenvalue weighted by Crippen LogP contribution is -2.39. The van der Waals surface area contributed by atoms with Gasteiger partial charge in [0.15, 0.2) is 0 Å². The van der Waals surface area contributed by atoms with Crippen LogP contribution in [0.3, 0.4) is 0 Å². The Balaban J connectivity index is 1.55. The summed E-state index contributed by atoms with van der Waals surface area (Å²) in [4.78, 5) is 0. The maximum absolute atomic E-state index is 6.62. The first kappa shape index (κ1) is 14.8. The van der Waals surface area contributed by atoms with Crippen LogP contribution in [-0.4, -0.2) is 24.8 Å². The topological polar surface area (TPSA) is 21.3 Å². The monoisotopic (exact) mass is 279 g/mol. The third-order valence-electron chi connectivity index (χ3n) is 7.14. The second-order valence-electron chi connectivity index (χ2n) is 8.32. The maximum Gasteiger partial charge on any atom is 0.0640 e. The summed E-state index contributed by atoms with van der Waals surface area (Å²) in [6, 6.07) is 0.708. The molecule has 2 nitrogen and oxygen atoms in total. The molecule has 0 heterocycles. The van der Waals surface area contributed by atoms with E-state index in [1.807, 2.05) is 0 Å². The van der Waals surface area contributed by atoms with Crippen molar-refractivity contribution in [2.75, 3.05) is 6.54 Å². The zero-order chi connectivity index (χ0) is 14.4. The molecule has 0 radical (unpaired) electrons. The summed E-state index contributed by atoms with van der Waals surface area (Å²) in [5.41, 5.74) is 0.905. The first-order valence-electron chi connectivity index (χ1n) is 8.86. The molecule has 3 aliphatic carbocycles. The van der Waals surface area contributed by atoms with Crippen molar-refractivity contribution < 1.29 is 4.74 Å². The molecule has 0 aliphatic heterocycles. The average molecular weight is 279 g/mol. The van der Waals surface area contributed by atoms with Gasteiger partial charge in [0.1, 0.15) is 0 Å². The van der Waals surface area contributed by atoms with E-state index in [1.54, 1.807) is 0 Å². The first-order chi connectivity index (χ1) is 9.47. The molecule has 0 aromatic heterocycles. The molecule has 1 N–H and O–H groups in total. The highest BCUT2D eigenvalue weighted by Gasteiger charge is 2.62. The third kappa shape index (κ3) is 2.23. The Hall–Kier alpha value is -0.0800. The number of hydrogen-bond donors (Lipinski definition) is 1. The summed E-state index contributed by atoms with van der Waals surface area (Å²) in [7, 11) is 0. The summed E-state index contributed by atoms with van der Waals surface area (Å²) < 4.78 is 6.62. The Bertz CT molecular complexity index is 353. The Morgan fingerprint density at radius 3 is 2.50 bits per heavy atom. The van der Waals surface area contributed by atoms with Gasteiger partial charge in [-0.3, -0.25) is 0 Å². The van der Waals surface area contributed by atoms with Gasteiger partial charge in [-0.25, -0.2) is 0 Å². The third-order valence-corrected chi connectivity index (χ3v) is 7.14. The van der Waals surface area contributed by atoms with Crippen molar-refractivity contribution in [1.82, 2.24) is 5.32 Å². The fraction of sp³-hybridized carbons (Fsp3) is 1.00. The highest BCUT2D eigenvalue weighted by atomic mass is 16.5. The van der Waals surface area contributed by atoms with E-state index in [-0.39, 0.29) is 0 Å². The van der Waals surface area contributed by atoms with E-state index >= 15 is 0 Å². The highest BCUT2D eigenvalue weighted by molar-refractivity contribution is 5.11. The number of nitrogens with one attached hydrogen (secondary N) is 1. The van der Waals surface area contributed by atoms with Gasteiger partial charge in [-0.1, -0.05) is 27.7 Å². The number of hydrogen-bond acceptors (Lipinski definition) is 2. The van der Waals surface area contributed by atoms with Crippen LogP contribution in [0.5, 0.6) is 0 Å². The molecule has 3 fully saturated rings. The quantitative estimate of drug-likeness (QED) is 0.816. The molecule has 3 rings (SSSR count). The van der Waals surface area contributed by atoms with Gasteiger partial charge >= 0.3 is 0 Å². The zero-order valence-corrected chi connectivity index (χ0v) is 13.9. The first-order valence-corrected chi connectivity index (χ1v) is 8.86. The summed E-state index contributed by atoms with van der Waals surface area (Å²) in [5.74, 6) is 0.896. The number of fused-ring (bicyclic) bond motifs is 2. The Morgan fingerprint density at radius 1 is 1.10 bits per heavy atom. The standard InChI is InChI=1S/C18H33NO/c1-5-10-19-14-6-7-15(12-14)20-16-11-13-8-9-18(16,4)17(13,2)3/h13-16,19H,5-12H2,1-4H3. The van der Waals surface area contributed by atoms with E-state index in [0.29, 0.717) is 29.1 Å². The van der Waals surface area contributed by atoms with Gasteiger partial charge in [0, 0.05) is 6.04 Å². The van der Waals surface area contributed by atoms with Crippen LogP contribution >= 0.6 is 0 Å². The fourth-order valence-corrected chi connectivity index (χ4v) is 5.17. The van der Waals surface area contributed by atoms with E-state index < -0.39 is 0 Å². The molecular weight excluding hydrogens is 246 g/mol. The summed E-state index contributed by atoms with van der Waals surface area (Å²) >= 11 is 0. The second-order valence-corrected chi connectivity index (χ2v) is 8.32. The molecule has 3 aliphatic rings. The van der Waals surface area contributed by atoms with Crippen LogP contribution < -0.4 is 5.32 Å². The van der Waals surface area contributed by atoms with Gasteiger partial charge < -0.3 is 10.1 Å². The molecule has 0 spiro atoms. The molecule has 5 unspecified atom stereocenters. The lowest BCUT2D eigenvalue weighted by molar-refractivity contribution is -0.0841. The van der Waals surface area contributed by atoms with Crippen molar-refractivity contribution in [1.29, 1.82) is 0 Å². The zero-order valence-electron chi connectivity index (χ0n) is 13.9.